The molecular formula is C21H16N4OS. The Morgan fingerprint density at radius 1 is 0.889 bits per heavy atom. The largest absolute Gasteiger partial charge is 0.372 e. The molecule has 0 radical (unpaired) electrons. The molecule has 0 fully saturated rings. The molecule has 132 valence electrons. The number of fused-ring (bicyclic) bond motifs is 2. The van der Waals surface area contributed by atoms with E-state index in [0.717, 1.165) is 33.1 Å². The van der Waals surface area contributed by atoms with Crippen molar-refractivity contribution in [3.63, 3.8) is 0 Å². The smallest absolute Gasteiger partial charge is 0.347 e. The number of nitrogens with one attached hydrogen (secondary N) is 3. The SMILES string of the molecule is O=c1nc2c(c(-c3ccccc3)[nH]1)C(c1cccs1)Nc1ccccc1N2. The number of benzene rings is 2. The summed E-state index contributed by atoms with van der Waals surface area (Å²) >= 11 is 1.67. The van der Waals surface area contributed by atoms with Crippen molar-refractivity contribution in [2.75, 3.05) is 10.6 Å². The Labute approximate surface area is 159 Å². The van der Waals surface area contributed by atoms with Crippen molar-refractivity contribution in [2.24, 2.45) is 0 Å². The molecule has 0 amide bonds. The van der Waals surface area contributed by atoms with Crippen LogP contribution in [0.4, 0.5) is 17.2 Å². The first kappa shape index (κ1) is 15.8. The Hall–Kier alpha value is -3.38. The molecule has 0 spiro atoms. The van der Waals surface area contributed by atoms with Crippen LogP contribution in [0.1, 0.15) is 16.5 Å². The van der Waals surface area contributed by atoms with E-state index >= 15 is 0 Å². The summed E-state index contributed by atoms with van der Waals surface area (Å²) in [5, 5.41) is 9.05. The third kappa shape index (κ3) is 2.80. The Balaban J connectivity index is 1.81. The van der Waals surface area contributed by atoms with Crippen molar-refractivity contribution in [3.05, 3.63) is 93.0 Å². The first-order valence-electron chi connectivity index (χ1n) is 8.65. The average Bonchev–Trinajstić information content (AvgIpc) is 3.17. The summed E-state index contributed by atoms with van der Waals surface area (Å²) in [6.45, 7) is 0. The van der Waals surface area contributed by atoms with Gasteiger partial charge in [-0.05, 0) is 29.1 Å². The number of aromatic nitrogens is 2. The number of aromatic amines is 1. The third-order valence-corrected chi connectivity index (χ3v) is 5.57. The predicted molar refractivity (Wildman–Crippen MR) is 110 cm³/mol. The fourth-order valence-electron chi connectivity index (χ4n) is 3.43. The van der Waals surface area contributed by atoms with Crippen LogP contribution in [0, 0.1) is 0 Å². The maximum atomic E-state index is 12.3. The highest BCUT2D eigenvalue weighted by atomic mass is 32.1. The molecule has 0 saturated heterocycles. The van der Waals surface area contributed by atoms with Gasteiger partial charge in [0.2, 0.25) is 0 Å². The molecule has 2 aromatic heterocycles. The lowest BCUT2D eigenvalue weighted by molar-refractivity contribution is 0.934. The molecule has 0 saturated carbocycles. The van der Waals surface area contributed by atoms with Crippen LogP contribution in [0.15, 0.2) is 76.9 Å². The van der Waals surface area contributed by atoms with E-state index in [-0.39, 0.29) is 11.7 Å². The van der Waals surface area contributed by atoms with Crippen LogP contribution < -0.4 is 16.3 Å². The molecular weight excluding hydrogens is 356 g/mol. The van der Waals surface area contributed by atoms with Gasteiger partial charge in [-0.15, -0.1) is 11.3 Å². The topological polar surface area (TPSA) is 69.8 Å². The zero-order valence-corrected chi connectivity index (χ0v) is 15.1. The molecule has 0 bridgehead atoms. The number of para-hydroxylation sites is 2. The van der Waals surface area contributed by atoms with Crippen LogP contribution in [0.25, 0.3) is 11.3 Å². The minimum atomic E-state index is -0.371. The third-order valence-electron chi connectivity index (χ3n) is 4.63. The van der Waals surface area contributed by atoms with Crippen molar-refractivity contribution < 1.29 is 0 Å². The van der Waals surface area contributed by atoms with Gasteiger partial charge in [-0.25, -0.2) is 4.79 Å². The second-order valence-corrected chi connectivity index (χ2v) is 7.29. The van der Waals surface area contributed by atoms with Gasteiger partial charge in [-0.2, -0.15) is 4.98 Å². The number of anilines is 3. The number of H-pyrrole nitrogens is 1. The van der Waals surface area contributed by atoms with E-state index in [2.05, 4.69) is 32.0 Å². The molecule has 5 rings (SSSR count). The maximum Gasteiger partial charge on any atom is 0.347 e. The molecule has 1 unspecified atom stereocenters. The number of rotatable bonds is 2. The van der Waals surface area contributed by atoms with E-state index in [4.69, 9.17) is 0 Å². The molecule has 1 atom stereocenters. The Bertz CT molecular complexity index is 1150. The number of nitrogens with zero attached hydrogens (tertiary/aromatic N) is 1. The zero-order valence-electron chi connectivity index (χ0n) is 14.3. The quantitative estimate of drug-likeness (QED) is 0.475. The summed E-state index contributed by atoms with van der Waals surface area (Å²) in [7, 11) is 0. The fourth-order valence-corrected chi connectivity index (χ4v) is 4.22. The summed E-state index contributed by atoms with van der Waals surface area (Å²) in [5.41, 5.74) is 4.15. The minimum absolute atomic E-state index is 0.129. The Kier molecular flexibility index (Phi) is 3.76. The molecule has 4 aromatic rings. The summed E-state index contributed by atoms with van der Waals surface area (Å²) in [6.07, 6.45) is 0. The van der Waals surface area contributed by atoms with Crippen LogP contribution in [0.2, 0.25) is 0 Å². The van der Waals surface area contributed by atoms with Crippen molar-refractivity contribution in [1.29, 1.82) is 0 Å². The van der Waals surface area contributed by atoms with Crippen LogP contribution >= 0.6 is 11.3 Å². The van der Waals surface area contributed by atoms with Gasteiger partial charge in [0.15, 0.2) is 0 Å². The maximum absolute atomic E-state index is 12.3. The van der Waals surface area contributed by atoms with Crippen LogP contribution in [0.5, 0.6) is 0 Å². The molecule has 0 aliphatic carbocycles. The summed E-state index contributed by atoms with van der Waals surface area (Å²) < 4.78 is 0. The van der Waals surface area contributed by atoms with Gasteiger partial charge < -0.3 is 15.6 Å². The van der Waals surface area contributed by atoms with Crippen molar-refractivity contribution in [2.45, 2.75) is 6.04 Å². The lowest BCUT2D eigenvalue weighted by Gasteiger charge is -2.21. The Morgan fingerprint density at radius 2 is 1.67 bits per heavy atom. The van der Waals surface area contributed by atoms with Crippen molar-refractivity contribution in [3.8, 4) is 11.3 Å². The first-order chi connectivity index (χ1) is 13.3. The predicted octanol–water partition coefficient (Wildman–Crippen LogP) is 4.76. The highest BCUT2D eigenvalue weighted by Crippen LogP contribution is 2.42. The van der Waals surface area contributed by atoms with Gasteiger partial charge >= 0.3 is 5.69 Å². The first-order valence-corrected chi connectivity index (χ1v) is 9.53. The van der Waals surface area contributed by atoms with Crippen LogP contribution in [-0.2, 0) is 0 Å². The van der Waals surface area contributed by atoms with Gasteiger partial charge in [-0.3, -0.25) is 0 Å². The molecule has 3 N–H and O–H groups in total. The lowest BCUT2D eigenvalue weighted by atomic mass is 9.99. The molecule has 3 heterocycles. The van der Waals surface area contributed by atoms with E-state index in [1.165, 1.54) is 0 Å². The van der Waals surface area contributed by atoms with Gasteiger partial charge in [0, 0.05) is 10.4 Å². The number of thiophene rings is 1. The summed E-state index contributed by atoms with van der Waals surface area (Å²) in [4.78, 5) is 20.7. The number of hydrogen-bond acceptors (Lipinski definition) is 5. The lowest BCUT2D eigenvalue weighted by Crippen LogP contribution is -2.19. The molecule has 2 aromatic carbocycles. The second kappa shape index (κ2) is 6.41. The van der Waals surface area contributed by atoms with E-state index in [9.17, 15) is 4.79 Å². The molecule has 1 aliphatic heterocycles. The van der Waals surface area contributed by atoms with Gasteiger partial charge in [0.25, 0.3) is 0 Å². The second-order valence-electron chi connectivity index (χ2n) is 6.31. The summed E-state index contributed by atoms with van der Waals surface area (Å²) in [5.74, 6) is 0.577. The zero-order chi connectivity index (χ0) is 18.2. The monoisotopic (exact) mass is 372 g/mol. The van der Waals surface area contributed by atoms with Crippen LogP contribution in [0.3, 0.4) is 0 Å². The fraction of sp³-hybridized carbons (Fsp3) is 0.0476. The van der Waals surface area contributed by atoms with Crippen molar-refractivity contribution in [1.82, 2.24) is 9.97 Å². The standard InChI is InChI=1S/C21H16N4OS/c26-21-24-18(13-7-2-1-3-8-13)17-19(16-11-6-12-27-16)22-14-9-4-5-10-15(14)23-20(17)25-21/h1-12,19,22H,(H2,23,24,25,26). The molecule has 27 heavy (non-hydrogen) atoms. The summed E-state index contributed by atoms with van der Waals surface area (Å²) in [6, 6.07) is 21.8. The van der Waals surface area contributed by atoms with E-state index < -0.39 is 0 Å². The molecule has 1 aliphatic rings. The van der Waals surface area contributed by atoms with Gasteiger partial charge in [-0.1, -0.05) is 48.5 Å². The van der Waals surface area contributed by atoms with E-state index in [1.54, 1.807) is 11.3 Å². The van der Waals surface area contributed by atoms with E-state index in [1.807, 2.05) is 60.7 Å². The molecule has 6 heteroatoms. The normalized spacial score (nSPS) is 15.0. The minimum Gasteiger partial charge on any atom is -0.372 e. The van der Waals surface area contributed by atoms with Crippen molar-refractivity contribution >= 4 is 28.5 Å². The average molecular weight is 372 g/mol. The highest BCUT2D eigenvalue weighted by Gasteiger charge is 2.28. The number of hydrogen-bond donors (Lipinski definition) is 3. The van der Waals surface area contributed by atoms with Gasteiger partial charge in [0.05, 0.1) is 23.1 Å². The highest BCUT2D eigenvalue weighted by molar-refractivity contribution is 7.10. The van der Waals surface area contributed by atoms with E-state index in [0.29, 0.717) is 5.82 Å². The van der Waals surface area contributed by atoms with Gasteiger partial charge in [0.1, 0.15) is 5.82 Å². The van der Waals surface area contributed by atoms with Crippen LogP contribution in [-0.4, -0.2) is 9.97 Å². The molecule has 5 nitrogen and oxygen atoms in total. The Morgan fingerprint density at radius 3 is 2.44 bits per heavy atom.